The van der Waals surface area contributed by atoms with Crippen LogP contribution < -0.4 is 15.4 Å². The number of alkyl halides is 3. The first-order valence-electron chi connectivity index (χ1n) is 20.4. The number of halogens is 4. The molecule has 4 atom stereocenters. The molecular weight excluding hydrogens is 764 g/mol. The SMILES string of the molecule is Cn1nccc1C(=O)N[C@H](C(=O)Nc1cc2c(cc1F)C(N1C[C@@H](C(F)(F)F)OC(CN3CC(C#N)C3)C1=O)CC1(CCN(C3COC3)CC1)O2)C(C1CC1)C1CC1. The van der Waals surface area contributed by atoms with Gasteiger partial charge in [0.15, 0.2) is 6.10 Å². The number of nitrogens with one attached hydrogen (secondary N) is 2. The maximum absolute atomic E-state index is 16.4. The number of carbonyl (C=O) groups is 3. The molecule has 2 saturated carbocycles. The van der Waals surface area contributed by atoms with E-state index in [4.69, 9.17) is 14.2 Å². The van der Waals surface area contributed by atoms with Crippen LogP contribution in [0.2, 0.25) is 0 Å². The summed E-state index contributed by atoms with van der Waals surface area (Å²) >= 11 is 0. The molecule has 58 heavy (non-hydrogen) atoms. The molecular formula is C40H48F4N8O6. The second-order valence-electron chi connectivity index (χ2n) is 17.3. The lowest BCUT2D eigenvalue weighted by Crippen LogP contribution is -2.63. The smallest absolute Gasteiger partial charge is 0.416 e. The summed E-state index contributed by atoms with van der Waals surface area (Å²) in [6.45, 7) is 2.23. The number of amides is 3. The van der Waals surface area contributed by atoms with Crippen molar-refractivity contribution in [2.75, 3.05) is 57.8 Å². The van der Waals surface area contributed by atoms with Gasteiger partial charge in [-0.25, -0.2) is 4.39 Å². The van der Waals surface area contributed by atoms with Gasteiger partial charge in [0.25, 0.3) is 11.8 Å². The molecule has 0 radical (unpaired) electrons. The molecule has 9 rings (SSSR count). The summed E-state index contributed by atoms with van der Waals surface area (Å²) in [5.41, 5.74) is -0.625. The Kier molecular flexibility index (Phi) is 10.2. The largest absolute Gasteiger partial charge is 0.487 e. The Balaban J connectivity index is 1.03. The van der Waals surface area contributed by atoms with E-state index in [1.165, 1.54) is 21.8 Å². The van der Waals surface area contributed by atoms with E-state index in [0.29, 0.717) is 52.2 Å². The second kappa shape index (κ2) is 15.1. The predicted octanol–water partition coefficient (Wildman–Crippen LogP) is 3.40. The maximum Gasteiger partial charge on any atom is 0.416 e. The van der Waals surface area contributed by atoms with Gasteiger partial charge in [-0.3, -0.25) is 28.9 Å². The van der Waals surface area contributed by atoms with Crippen LogP contribution in [-0.4, -0.2) is 131 Å². The van der Waals surface area contributed by atoms with E-state index in [1.807, 2.05) is 0 Å². The van der Waals surface area contributed by atoms with Crippen molar-refractivity contribution in [1.29, 1.82) is 5.26 Å². The minimum absolute atomic E-state index is 0.111. The van der Waals surface area contributed by atoms with Crippen molar-refractivity contribution in [2.45, 2.75) is 87.1 Å². The Bertz CT molecular complexity index is 1950. The standard InChI is InChI=1S/C40H48F4N8O6/c1-49-29(6-9-46-49)36(53)48-35(34(23-2-3-23)24-4-5-24)37(54)47-28-13-31-26(12-27(28)41)30(14-39(58-31)7-10-51(11-8-39)25-20-56-21-25)52-19-33(40(42,43)44)57-32(38(52)55)18-50-16-22(15-45)17-50/h6,9,12-13,22-25,30,32-35H,2-5,7-8,10-11,14,16-21H2,1H3,(H,47,54)(H,48,53)/t30?,32?,33-,35-/m0/s1. The highest BCUT2D eigenvalue weighted by atomic mass is 19.4. The minimum atomic E-state index is -4.79. The lowest BCUT2D eigenvalue weighted by Gasteiger charge is -2.52. The summed E-state index contributed by atoms with van der Waals surface area (Å²) in [4.78, 5) is 47.2. The van der Waals surface area contributed by atoms with Crippen LogP contribution in [0.15, 0.2) is 24.4 Å². The van der Waals surface area contributed by atoms with Crippen LogP contribution in [0, 0.1) is 40.8 Å². The Morgan fingerprint density at radius 2 is 1.79 bits per heavy atom. The Hall–Kier alpha value is -4.31. The molecule has 18 heteroatoms. The third-order valence-corrected chi connectivity index (χ3v) is 13.3. The lowest BCUT2D eigenvalue weighted by atomic mass is 9.79. The van der Waals surface area contributed by atoms with Gasteiger partial charge in [-0.05, 0) is 68.4 Å². The number of piperidine rings is 1. The van der Waals surface area contributed by atoms with Crippen LogP contribution in [0.3, 0.4) is 0 Å². The molecule has 2 N–H and O–H groups in total. The normalized spacial score (nSPS) is 27.3. The third-order valence-electron chi connectivity index (χ3n) is 13.3. The van der Waals surface area contributed by atoms with Crippen molar-refractivity contribution < 1.29 is 46.2 Å². The summed E-state index contributed by atoms with van der Waals surface area (Å²) < 4.78 is 78.9. The molecule has 5 aliphatic heterocycles. The Morgan fingerprint density at radius 1 is 1.09 bits per heavy atom. The zero-order chi connectivity index (χ0) is 40.5. The number of aryl methyl sites for hydroxylation is 1. The highest BCUT2D eigenvalue weighted by molar-refractivity contribution is 6.01. The van der Waals surface area contributed by atoms with E-state index < -0.39 is 66.2 Å². The molecule has 2 unspecified atom stereocenters. The molecule has 1 spiro atoms. The first kappa shape index (κ1) is 39.2. The van der Waals surface area contributed by atoms with E-state index in [0.717, 1.165) is 31.7 Å². The summed E-state index contributed by atoms with van der Waals surface area (Å²) in [5, 5.41) is 19.0. The van der Waals surface area contributed by atoms with Crippen LogP contribution in [-0.2, 0) is 26.1 Å². The van der Waals surface area contributed by atoms with Crippen LogP contribution in [0.25, 0.3) is 0 Å². The quantitative estimate of drug-likeness (QED) is 0.323. The number of aromatic nitrogens is 2. The monoisotopic (exact) mass is 812 g/mol. The van der Waals surface area contributed by atoms with Crippen LogP contribution in [0.5, 0.6) is 5.75 Å². The molecule has 7 aliphatic rings. The van der Waals surface area contributed by atoms with Gasteiger partial charge < -0.3 is 29.7 Å². The van der Waals surface area contributed by atoms with Gasteiger partial charge in [0.2, 0.25) is 5.91 Å². The molecule has 6 fully saturated rings. The van der Waals surface area contributed by atoms with Crippen molar-refractivity contribution in [3.63, 3.8) is 0 Å². The van der Waals surface area contributed by atoms with Gasteiger partial charge in [0.05, 0.1) is 49.5 Å². The van der Waals surface area contributed by atoms with Crippen molar-refractivity contribution in [2.24, 2.45) is 30.7 Å². The Morgan fingerprint density at radius 3 is 2.38 bits per heavy atom. The van der Waals surface area contributed by atoms with Crippen molar-refractivity contribution in [1.82, 2.24) is 29.8 Å². The van der Waals surface area contributed by atoms with E-state index >= 15 is 4.39 Å². The molecule has 3 amide bonds. The van der Waals surface area contributed by atoms with E-state index in [2.05, 4.69) is 26.7 Å². The number of anilines is 1. The molecule has 2 aromatic rings. The number of morpholine rings is 1. The topological polar surface area (TPSA) is 154 Å². The maximum atomic E-state index is 16.4. The third kappa shape index (κ3) is 7.66. The van der Waals surface area contributed by atoms with E-state index in [-0.39, 0.29) is 65.4 Å². The fourth-order valence-corrected chi connectivity index (χ4v) is 9.69. The number of hydrogen-bond donors (Lipinski definition) is 2. The fraction of sp³-hybridized carbons (Fsp3) is 0.675. The number of likely N-dealkylation sites (tertiary alicyclic amines) is 2. The molecule has 312 valence electrons. The number of carbonyl (C=O) groups excluding carboxylic acids is 3. The molecule has 2 aliphatic carbocycles. The van der Waals surface area contributed by atoms with E-state index in [9.17, 15) is 32.8 Å². The highest BCUT2D eigenvalue weighted by Gasteiger charge is 2.55. The number of ether oxygens (including phenoxy) is 3. The van der Waals surface area contributed by atoms with Crippen LogP contribution in [0.4, 0.5) is 23.2 Å². The summed E-state index contributed by atoms with van der Waals surface area (Å²) in [5.74, 6) is -2.31. The number of rotatable bonds is 11. The summed E-state index contributed by atoms with van der Waals surface area (Å²) in [7, 11) is 1.63. The average Bonchev–Trinajstić information content (AvgIpc) is 4.09. The van der Waals surface area contributed by atoms with Gasteiger partial charge in [-0.15, -0.1) is 0 Å². The van der Waals surface area contributed by atoms with Gasteiger partial charge in [-0.1, -0.05) is 0 Å². The number of hydrogen-bond acceptors (Lipinski definition) is 10. The molecule has 1 aromatic heterocycles. The summed E-state index contributed by atoms with van der Waals surface area (Å²) in [6.07, 6.45) is -2.18. The number of fused-ring (bicyclic) bond motifs is 1. The zero-order valence-electron chi connectivity index (χ0n) is 32.3. The summed E-state index contributed by atoms with van der Waals surface area (Å²) in [6, 6.07) is 4.52. The number of nitriles is 1. The van der Waals surface area contributed by atoms with Crippen molar-refractivity contribution in [3.8, 4) is 11.8 Å². The lowest BCUT2D eigenvalue weighted by molar-refractivity contribution is -0.255. The molecule has 6 heterocycles. The first-order valence-corrected chi connectivity index (χ1v) is 20.4. The highest BCUT2D eigenvalue weighted by Crippen LogP contribution is 2.52. The van der Waals surface area contributed by atoms with Crippen molar-refractivity contribution >= 4 is 23.4 Å². The van der Waals surface area contributed by atoms with Crippen LogP contribution >= 0.6 is 0 Å². The Labute approximate surface area is 333 Å². The fourth-order valence-electron chi connectivity index (χ4n) is 9.69. The van der Waals surface area contributed by atoms with Gasteiger partial charge in [0.1, 0.15) is 35.0 Å². The number of nitrogens with zero attached hydrogens (tertiary/aromatic N) is 6. The molecule has 14 nitrogen and oxygen atoms in total. The predicted molar refractivity (Wildman–Crippen MR) is 197 cm³/mol. The van der Waals surface area contributed by atoms with Gasteiger partial charge in [-0.2, -0.15) is 23.5 Å². The number of benzene rings is 1. The van der Waals surface area contributed by atoms with E-state index in [1.54, 1.807) is 18.0 Å². The minimum Gasteiger partial charge on any atom is -0.487 e. The zero-order valence-corrected chi connectivity index (χ0v) is 32.3. The molecule has 1 aromatic carbocycles. The van der Waals surface area contributed by atoms with Gasteiger partial charge in [0, 0.05) is 64.0 Å². The van der Waals surface area contributed by atoms with Crippen LogP contribution in [0.1, 0.15) is 67.0 Å². The van der Waals surface area contributed by atoms with Crippen molar-refractivity contribution in [3.05, 3.63) is 41.5 Å². The average molecular weight is 813 g/mol. The second-order valence-corrected chi connectivity index (χ2v) is 17.3. The first-order chi connectivity index (χ1) is 27.8. The molecule has 0 bridgehead atoms. The molecule has 4 saturated heterocycles. The van der Waals surface area contributed by atoms with Gasteiger partial charge >= 0.3 is 6.18 Å².